The number of benzene rings is 2. The zero-order valence-corrected chi connectivity index (χ0v) is 14.5. The summed E-state index contributed by atoms with van der Waals surface area (Å²) in [6.45, 7) is 5.92. The van der Waals surface area contributed by atoms with E-state index < -0.39 is 11.7 Å². The summed E-state index contributed by atoms with van der Waals surface area (Å²) in [5.41, 5.74) is 1.94. The third-order valence-corrected chi connectivity index (χ3v) is 4.70. The molecule has 1 amide bonds. The molecule has 4 nitrogen and oxygen atoms in total. The number of halogens is 1. The minimum atomic E-state index is -0.546. The Bertz CT molecular complexity index is 905. The fourth-order valence-electron chi connectivity index (χ4n) is 2.35. The number of carbonyl (C=O) groups is 1. The standard InChI is InChI=1S/C19H16FN3OS/c1-3-13-9-11-14(12-10-13)17-21-22-19(25-17)23(4-2)18(24)15-7-5-6-8-16(15)20/h3,5-12H,1,4H2,2H3. The molecule has 2 aromatic carbocycles. The van der Waals surface area contributed by atoms with Gasteiger partial charge < -0.3 is 0 Å². The topological polar surface area (TPSA) is 46.1 Å². The summed E-state index contributed by atoms with van der Waals surface area (Å²) >= 11 is 1.30. The van der Waals surface area contributed by atoms with Crippen LogP contribution in [0.4, 0.5) is 9.52 Å². The van der Waals surface area contributed by atoms with Gasteiger partial charge in [0.2, 0.25) is 5.13 Å². The zero-order chi connectivity index (χ0) is 17.8. The van der Waals surface area contributed by atoms with Crippen molar-refractivity contribution in [3.05, 3.63) is 72.1 Å². The normalized spacial score (nSPS) is 10.5. The second-order valence-electron chi connectivity index (χ2n) is 5.25. The molecule has 0 atom stereocenters. The first-order valence-corrected chi connectivity index (χ1v) is 8.58. The first kappa shape index (κ1) is 17.0. The second-order valence-corrected chi connectivity index (χ2v) is 6.20. The first-order chi connectivity index (χ1) is 12.1. The molecule has 0 spiro atoms. The number of rotatable bonds is 5. The van der Waals surface area contributed by atoms with Crippen molar-refractivity contribution in [2.24, 2.45) is 0 Å². The van der Waals surface area contributed by atoms with Crippen LogP contribution in [-0.2, 0) is 0 Å². The zero-order valence-electron chi connectivity index (χ0n) is 13.6. The van der Waals surface area contributed by atoms with Gasteiger partial charge in [0.05, 0.1) is 5.56 Å². The molecule has 3 aromatic rings. The molecule has 25 heavy (non-hydrogen) atoms. The Kier molecular flexibility index (Phi) is 5.00. The van der Waals surface area contributed by atoms with Gasteiger partial charge in [-0.05, 0) is 24.6 Å². The maximum absolute atomic E-state index is 13.9. The minimum absolute atomic E-state index is 0.0245. The maximum atomic E-state index is 13.9. The van der Waals surface area contributed by atoms with Gasteiger partial charge in [-0.2, -0.15) is 0 Å². The molecule has 1 heterocycles. The predicted octanol–water partition coefficient (Wildman–Crippen LogP) is 4.65. The molecule has 0 aliphatic carbocycles. The summed E-state index contributed by atoms with van der Waals surface area (Å²) in [5.74, 6) is -0.971. The Hall–Kier alpha value is -2.86. The van der Waals surface area contributed by atoms with Crippen LogP contribution in [0.15, 0.2) is 55.1 Å². The number of hydrogen-bond donors (Lipinski definition) is 0. The molecule has 1 aromatic heterocycles. The van der Waals surface area contributed by atoms with Crippen LogP contribution in [0, 0.1) is 5.82 Å². The van der Waals surface area contributed by atoms with E-state index in [9.17, 15) is 9.18 Å². The van der Waals surface area contributed by atoms with Crippen LogP contribution in [0.2, 0.25) is 0 Å². The second kappa shape index (κ2) is 7.36. The van der Waals surface area contributed by atoms with Crippen molar-refractivity contribution < 1.29 is 9.18 Å². The third kappa shape index (κ3) is 3.49. The third-order valence-electron chi connectivity index (χ3n) is 3.70. The lowest BCUT2D eigenvalue weighted by molar-refractivity contribution is 0.0984. The molecule has 0 aliphatic heterocycles. The SMILES string of the molecule is C=Cc1ccc(-c2nnc(N(CC)C(=O)c3ccccc3F)s2)cc1. The van der Waals surface area contributed by atoms with Gasteiger partial charge in [-0.25, -0.2) is 4.39 Å². The number of anilines is 1. The fourth-order valence-corrected chi connectivity index (χ4v) is 3.26. The van der Waals surface area contributed by atoms with E-state index in [1.165, 1.54) is 28.4 Å². The van der Waals surface area contributed by atoms with Crippen LogP contribution in [0.5, 0.6) is 0 Å². The summed E-state index contributed by atoms with van der Waals surface area (Å²) in [6.07, 6.45) is 1.77. The van der Waals surface area contributed by atoms with Gasteiger partial charge in [-0.3, -0.25) is 9.69 Å². The predicted molar refractivity (Wildman–Crippen MR) is 99.2 cm³/mol. The van der Waals surface area contributed by atoms with Crippen LogP contribution >= 0.6 is 11.3 Å². The van der Waals surface area contributed by atoms with E-state index in [4.69, 9.17) is 0 Å². The van der Waals surface area contributed by atoms with Crippen molar-refractivity contribution in [3.63, 3.8) is 0 Å². The average Bonchev–Trinajstić information content (AvgIpc) is 3.12. The van der Waals surface area contributed by atoms with Crippen molar-refractivity contribution in [1.29, 1.82) is 0 Å². The Morgan fingerprint density at radius 2 is 1.92 bits per heavy atom. The van der Waals surface area contributed by atoms with Crippen LogP contribution in [0.1, 0.15) is 22.8 Å². The molecule has 6 heteroatoms. The van der Waals surface area contributed by atoms with Crippen molar-refractivity contribution >= 4 is 28.5 Å². The van der Waals surface area contributed by atoms with Gasteiger partial charge in [0.1, 0.15) is 10.8 Å². The van der Waals surface area contributed by atoms with E-state index in [0.29, 0.717) is 16.7 Å². The highest BCUT2D eigenvalue weighted by atomic mass is 32.1. The van der Waals surface area contributed by atoms with Gasteiger partial charge in [0.15, 0.2) is 0 Å². The van der Waals surface area contributed by atoms with Crippen LogP contribution < -0.4 is 4.90 Å². The molecule has 0 unspecified atom stereocenters. The van der Waals surface area contributed by atoms with Crippen molar-refractivity contribution in [2.45, 2.75) is 6.92 Å². The molecule has 0 aliphatic rings. The van der Waals surface area contributed by atoms with E-state index in [-0.39, 0.29) is 5.56 Å². The smallest absolute Gasteiger partial charge is 0.263 e. The Labute approximate surface area is 149 Å². The lowest BCUT2D eigenvalue weighted by atomic mass is 10.1. The van der Waals surface area contributed by atoms with Gasteiger partial charge >= 0.3 is 0 Å². The molecule has 0 saturated carbocycles. The summed E-state index contributed by atoms with van der Waals surface area (Å²) in [6, 6.07) is 13.7. The number of nitrogens with zero attached hydrogens (tertiary/aromatic N) is 3. The molecule has 126 valence electrons. The van der Waals surface area contributed by atoms with E-state index in [1.807, 2.05) is 31.2 Å². The largest absolute Gasteiger partial charge is 0.283 e. The lowest BCUT2D eigenvalue weighted by Gasteiger charge is -2.17. The molecule has 0 bridgehead atoms. The van der Waals surface area contributed by atoms with Crippen LogP contribution in [0.3, 0.4) is 0 Å². The molecule has 0 N–H and O–H groups in total. The number of amides is 1. The number of hydrogen-bond acceptors (Lipinski definition) is 4. The van der Waals surface area contributed by atoms with Crippen molar-refractivity contribution in [3.8, 4) is 10.6 Å². The first-order valence-electron chi connectivity index (χ1n) is 7.76. The van der Waals surface area contributed by atoms with E-state index >= 15 is 0 Å². The minimum Gasteiger partial charge on any atom is -0.283 e. The van der Waals surface area contributed by atoms with E-state index in [1.54, 1.807) is 18.2 Å². The monoisotopic (exact) mass is 353 g/mol. The van der Waals surface area contributed by atoms with E-state index in [0.717, 1.165) is 11.1 Å². The van der Waals surface area contributed by atoms with Crippen LogP contribution in [0.25, 0.3) is 16.6 Å². The summed E-state index contributed by atoms with van der Waals surface area (Å²) in [5, 5.41) is 9.42. The Balaban J connectivity index is 1.89. The molecule has 0 radical (unpaired) electrons. The highest BCUT2D eigenvalue weighted by Crippen LogP contribution is 2.30. The summed E-state index contributed by atoms with van der Waals surface area (Å²) < 4.78 is 13.9. The highest BCUT2D eigenvalue weighted by molar-refractivity contribution is 7.18. The molecule has 3 rings (SSSR count). The van der Waals surface area contributed by atoms with Gasteiger partial charge in [-0.1, -0.05) is 60.4 Å². The van der Waals surface area contributed by atoms with Crippen molar-refractivity contribution in [2.75, 3.05) is 11.4 Å². The summed E-state index contributed by atoms with van der Waals surface area (Å²) in [7, 11) is 0. The lowest BCUT2D eigenvalue weighted by Crippen LogP contribution is -2.31. The highest BCUT2D eigenvalue weighted by Gasteiger charge is 2.22. The van der Waals surface area contributed by atoms with Gasteiger partial charge in [0.25, 0.3) is 5.91 Å². The van der Waals surface area contributed by atoms with Crippen LogP contribution in [-0.4, -0.2) is 22.6 Å². The average molecular weight is 353 g/mol. The summed E-state index contributed by atoms with van der Waals surface area (Å²) in [4.78, 5) is 14.1. The fraction of sp³-hybridized carbons (Fsp3) is 0.105. The van der Waals surface area contributed by atoms with Crippen molar-refractivity contribution in [1.82, 2.24) is 10.2 Å². The van der Waals surface area contributed by atoms with E-state index in [2.05, 4.69) is 16.8 Å². The maximum Gasteiger partial charge on any atom is 0.263 e. The quantitative estimate of drug-likeness (QED) is 0.670. The Morgan fingerprint density at radius 3 is 2.56 bits per heavy atom. The molecule has 0 saturated heterocycles. The molecular weight excluding hydrogens is 337 g/mol. The molecule has 0 fully saturated rings. The van der Waals surface area contributed by atoms with Gasteiger partial charge in [0, 0.05) is 12.1 Å². The molecular formula is C19H16FN3OS. The number of carbonyl (C=O) groups excluding carboxylic acids is 1. The Morgan fingerprint density at radius 1 is 1.20 bits per heavy atom. The van der Waals surface area contributed by atoms with Gasteiger partial charge in [-0.15, -0.1) is 10.2 Å². The number of aromatic nitrogens is 2.